The molecule has 0 radical (unpaired) electrons. The summed E-state index contributed by atoms with van der Waals surface area (Å²) in [5.74, 6) is -0.720. The number of esters is 1. The maximum Gasteiger partial charge on any atom is 0.343 e. The van der Waals surface area contributed by atoms with E-state index < -0.39 is 21.9 Å². The van der Waals surface area contributed by atoms with Gasteiger partial charge in [-0.3, -0.25) is 9.10 Å². The second-order valence-corrected chi connectivity index (χ2v) is 12.3. The Labute approximate surface area is 266 Å². The van der Waals surface area contributed by atoms with Crippen molar-refractivity contribution in [2.24, 2.45) is 5.10 Å². The van der Waals surface area contributed by atoms with Gasteiger partial charge in [0.2, 0.25) is 0 Å². The number of hydrazone groups is 1. The van der Waals surface area contributed by atoms with E-state index in [0.717, 1.165) is 5.56 Å². The largest absolute Gasteiger partial charge is 0.423 e. The quantitative estimate of drug-likeness (QED) is 0.0766. The van der Waals surface area contributed by atoms with E-state index in [-0.39, 0.29) is 22.7 Å². The molecule has 0 spiro atoms. The molecule has 0 aliphatic carbocycles. The lowest BCUT2D eigenvalue weighted by Gasteiger charge is -2.26. The zero-order valence-corrected chi connectivity index (χ0v) is 25.7. The van der Waals surface area contributed by atoms with E-state index in [9.17, 15) is 18.0 Å². The van der Waals surface area contributed by atoms with E-state index in [0.29, 0.717) is 27.5 Å². The number of amides is 1. The number of rotatable bonds is 10. The molecular weight excluding hydrogens is 610 g/mol. The molecule has 1 N–H and O–H groups in total. The Hall–Kier alpha value is -5.25. The molecule has 0 saturated heterocycles. The minimum Gasteiger partial charge on any atom is -0.423 e. The van der Waals surface area contributed by atoms with Gasteiger partial charge in [-0.15, -0.1) is 0 Å². The normalized spacial score (nSPS) is 11.2. The first kappa shape index (κ1) is 31.2. The highest BCUT2D eigenvalue weighted by Crippen LogP contribution is 2.30. The van der Waals surface area contributed by atoms with Crippen molar-refractivity contribution in [2.75, 3.05) is 4.31 Å². The van der Waals surface area contributed by atoms with Crippen molar-refractivity contribution in [3.8, 4) is 5.75 Å². The number of benzene rings is 5. The number of hydrogen-bond acceptors (Lipinski definition) is 6. The molecule has 45 heavy (non-hydrogen) atoms. The molecule has 5 rings (SSSR count). The molecule has 0 atom stereocenters. The number of para-hydroxylation sites is 1. The van der Waals surface area contributed by atoms with Crippen molar-refractivity contribution in [2.45, 2.75) is 18.4 Å². The van der Waals surface area contributed by atoms with Gasteiger partial charge >= 0.3 is 5.97 Å². The van der Waals surface area contributed by atoms with Crippen molar-refractivity contribution in [1.29, 1.82) is 0 Å². The molecule has 0 bridgehead atoms. The Kier molecular flexibility index (Phi) is 9.72. The molecular formula is C35H28ClN3O5S. The molecule has 0 unspecified atom stereocenters. The molecule has 10 heteroatoms. The Morgan fingerprint density at radius 3 is 2.16 bits per heavy atom. The van der Waals surface area contributed by atoms with Gasteiger partial charge in [0.15, 0.2) is 0 Å². The molecule has 0 saturated carbocycles. The third kappa shape index (κ3) is 7.83. The zero-order valence-electron chi connectivity index (χ0n) is 24.1. The molecule has 0 fully saturated rings. The fourth-order valence-corrected chi connectivity index (χ4v) is 5.96. The number of aryl methyl sites for hydroxylation is 1. The monoisotopic (exact) mass is 637 g/mol. The number of ether oxygens (including phenoxy) is 1. The van der Waals surface area contributed by atoms with Gasteiger partial charge in [-0.2, -0.15) is 5.10 Å². The van der Waals surface area contributed by atoms with Crippen LogP contribution in [0.1, 0.15) is 37.4 Å². The van der Waals surface area contributed by atoms with Gasteiger partial charge in [0.25, 0.3) is 15.9 Å². The van der Waals surface area contributed by atoms with Crippen molar-refractivity contribution < 1.29 is 22.7 Å². The average molecular weight is 638 g/mol. The maximum absolute atomic E-state index is 14.0. The SMILES string of the molecule is Cc1ccc(S(=O)(=O)N(Cc2ccc(Cl)cc2)c2ccccc2C(=O)N/N=C/c2ccc(OC(=O)c3ccccc3)cc2)cc1. The van der Waals surface area contributed by atoms with Crippen molar-refractivity contribution >= 4 is 45.4 Å². The van der Waals surface area contributed by atoms with Gasteiger partial charge in [0.1, 0.15) is 5.75 Å². The van der Waals surface area contributed by atoms with Crippen molar-refractivity contribution in [1.82, 2.24) is 5.43 Å². The fraction of sp³-hybridized carbons (Fsp3) is 0.0571. The second kappa shape index (κ2) is 14.0. The number of halogens is 1. The first-order chi connectivity index (χ1) is 21.7. The minimum atomic E-state index is -4.08. The van der Waals surface area contributed by atoms with Crippen LogP contribution in [0, 0.1) is 6.92 Å². The minimum absolute atomic E-state index is 0.0395. The van der Waals surface area contributed by atoms with Crippen LogP contribution in [0.3, 0.4) is 0 Å². The number of nitrogens with one attached hydrogen (secondary N) is 1. The molecule has 1 amide bonds. The van der Waals surface area contributed by atoms with Crippen LogP contribution in [-0.4, -0.2) is 26.5 Å². The number of hydrogen-bond donors (Lipinski definition) is 1. The Bertz CT molecular complexity index is 1930. The van der Waals surface area contributed by atoms with Crippen LogP contribution in [0.25, 0.3) is 0 Å². The van der Waals surface area contributed by atoms with Crippen LogP contribution in [0.15, 0.2) is 137 Å². The van der Waals surface area contributed by atoms with Gasteiger partial charge in [-0.25, -0.2) is 18.6 Å². The Morgan fingerprint density at radius 1 is 0.822 bits per heavy atom. The third-order valence-corrected chi connectivity index (χ3v) is 8.77. The predicted molar refractivity (Wildman–Crippen MR) is 175 cm³/mol. The fourth-order valence-electron chi connectivity index (χ4n) is 4.36. The Morgan fingerprint density at radius 2 is 1.47 bits per heavy atom. The molecule has 0 aliphatic rings. The molecule has 5 aromatic rings. The number of carbonyl (C=O) groups is 2. The summed E-state index contributed by atoms with van der Waals surface area (Å²) >= 11 is 6.06. The van der Waals surface area contributed by atoms with Crippen LogP contribution in [0.5, 0.6) is 5.75 Å². The van der Waals surface area contributed by atoms with Crippen molar-refractivity contribution in [3.05, 3.63) is 160 Å². The smallest absolute Gasteiger partial charge is 0.343 e. The summed E-state index contributed by atoms with van der Waals surface area (Å²) in [5.41, 5.74) is 5.45. The molecule has 0 aliphatic heterocycles. The second-order valence-electron chi connectivity index (χ2n) is 9.99. The molecule has 8 nitrogen and oxygen atoms in total. The van der Waals surface area contributed by atoms with Crippen LogP contribution < -0.4 is 14.5 Å². The van der Waals surface area contributed by atoms with E-state index >= 15 is 0 Å². The number of carbonyl (C=O) groups excluding carboxylic acids is 2. The van der Waals surface area contributed by atoms with E-state index in [1.807, 2.05) is 13.0 Å². The van der Waals surface area contributed by atoms with E-state index in [4.69, 9.17) is 16.3 Å². The summed E-state index contributed by atoms with van der Waals surface area (Å²) < 4.78 is 34.5. The van der Waals surface area contributed by atoms with Gasteiger partial charge in [0.05, 0.1) is 34.5 Å². The lowest BCUT2D eigenvalue weighted by molar-refractivity contribution is 0.0734. The summed E-state index contributed by atoms with van der Waals surface area (Å²) in [5, 5.41) is 4.59. The summed E-state index contributed by atoms with van der Waals surface area (Å²) in [6, 6.07) is 35.0. The zero-order chi connectivity index (χ0) is 31.8. The molecule has 0 heterocycles. The first-order valence-corrected chi connectivity index (χ1v) is 15.7. The topological polar surface area (TPSA) is 105 Å². The van der Waals surface area contributed by atoms with Crippen LogP contribution in [-0.2, 0) is 16.6 Å². The van der Waals surface area contributed by atoms with Gasteiger partial charge in [-0.1, -0.05) is 71.8 Å². The maximum atomic E-state index is 14.0. The summed E-state index contributed by atoms with van der Waals surface area (Å²) in [4.78, 5) is 25.7. The Balaban J connectivity index is 1.35. The lowest BCUT2D eigenvalue weighted by atomic mass is 10.1. The van der Waals surface area contributed by atoms with Crippen LogP contribution in [0.2, 0.25) is 5.02 Å². The third-order valence-electron chi connectivity index (χ3n) is 6.75. The summed E-state index contributed by atoms with van der Waals surface area (Å²) in [6.45, 7) is 1.83. The van der Waals surface area contributed by atoms with Crippen LogP contribution in [0.4, 0.5) is 5.69 Å². The summed E-state index contributed by atoms with van der Waals surface area (Å²) in [6.07, 6.45) is 1.43. The standard InChI is InChI=1S/C35H28ClN3O5S/c1-25-11-21-31(22-12-25)45(42,43)39(24-27-13-17-29(36)18-14-27)33-10-6-5-9-32(33)34(40)38-37-23-26-15-19-30(20-16-26)44-35(41)28-7-3-2-4-8-28/h2-23H,24H2,1H3,(H,38,40)/b37-23+. The number of anilines is 1. The molecule has 0 aromatic heterocycles. The molecule has 5 aromatic carbocycles. The highest BCUT2D eigenvalue weighted by molar-refractivity contribution is 7.92. The predicted octanol–water partition coefficient (Wildman–Crippen LogP) is 7.03. The van der Waals surface area contributed by atoms with E-state index in [2.05, 4.69) is 10.5 Å². The van der Waals surface area contributed by atoms with Gasteiger partial charge in [0, 0.05) is 5.02 Å². The number of nitrogens with zero attached hydrogens (tertiary/aromatic N) is 2. The average Bonchev–Trinajstić information content (AvgIpc) is 3.06. The summed E-state index contributed by atoms with van der Waals surface area (Å²) in [7, 11) is -4.08. The van der Waals surface area contributed by atoms with Crippen LogP contribution >= 0.6 is 11.6 Å². The highest BCUT2D eigenvalue weighted by Gasteiger charge is 2.28. The van der Waals surface area contributed by atoms with Gasteiger partial charge < -0.3 is 4.74 Å². The van der Waals surface area contributed by atoms with E-state index in [1.54, 1.807) is 115 Å². The highest BCUT2D eigenvalue weighted by atomic mass is 35.5. The van der Waals surface area contributed by atoms with E-state index in [1.165, 1.54) is 16.6 Å². The first-order valence-electron chi connectivity index (χ1n) is 13.8. The number of sulfonamides is 1. The van der Waals surface area contributed by atoms with Crippen molar-refractivity contribution in [3.63, 3.8) is 0 Å². The van der Waals surface area contributed by atoms with Gasteiger partial charge in [-0.05, 0) is 90.8 Å². The lowest BCUT2D eigenvalue weighted by Crippen LogP contribution is -2.33. The molecule has 226 valence electrons.